The molecule has 2 aromatic heterocycles. The van der Waals surface area contributed by atoms with Crippen LogP contribution in [0.15, 0.2) is 17.3 Å². The fourth-order valence-corrected chi connectivity index (χ4v) is 2.35. The first kappa shape index (κ1) is 13.2. The Morgan fingerprint density at radius 2 is 2.20 bits per heavy atom. The number of halogens is 1. The van der Waals surface area contributed by atoms with Crippen LogP contribution in [-0.2, 0) is 4.74 Å². The first-order chi connectivity index (χ1) is 9.54. The van der Waals surface area contributed by atoms with E-state index in [4.69, 9.17) is 9.84 Å². The summed E-state index contributed by atoms with van der Waals surface area (Å²) in [7, 11) is 0. The SMILES string of the molecule is O=c1[nH]cnc2c1c(F)cn2[C@@H]1O[C@H](CO)[C@@H](O)[C@H]1O. The van der Waals surface area contributed by atoms with Gasteiger partial charge in [-0.25, -0.2) is 9.37 Å². The molecule has 4 atom stereocenters. The van der Waals surface area contributed by atoms with Gasteiger partial charge in [0.25, 0.3) is 5.56 Å². The maximum atomic E-state index is 13.8. The molecule has 8 nitrogen and oxygen atoms in total. The molecule has 0 amide bonds. The molecule has 0 spiro atoms. The zero-order valence-electron chi connectivity index (χ0n) is 10.1. The van der Waals surface area contributed by atoms with Crippen LogP contribution >= 0.6 is 0 Å². The Kier molecular flexibility index (Phi) is 3.05. The van der Waals surface area contributed by atoms with Crippen molar-refractivity contribution >= 4 is 11.0 Å². The lowest BCUT2D eigenvalue weighted by Gasteiger charge is -2.16. The number of H-pyrrole nitrogens is 1. The minimum Gasteiger partial charge on any atom is -0.394 e. The Labute approximate surface area is 111 Å². The van der Waals surface area contributed by atoms with Crippen molar-refractivity contribution in [2.24, 2.45) is 0 Å². The number of aromatic amines is 1. The summed E-state index contributed by atoms with van der Waals surface area (Å²) in [5.41, 5.74) is -0.668. The highest BCUT2D eigenvalue weighted by atomic mass is 19.1. The van der Waals surface area contributed by atoms with Crippen LogP contribution in [-0.4, -0.2) is 54.8 Å². The van der Waals surface area contributed by atoms with Gasteiger partial charge < -0.3 is 29.6 Å². The minimum atomic E-state index is -1.37. The number of fused-ring (bicyclic) bond motifs is 1. The Morgan fingerprint density at radius 1 is 1.45 bits per heavy atom. The van der Waals surface area contributed by atoms with Gasteiger partial charge in [0.15, 0.2) is 17.7 Å². The highest BCUT2D eigenvalue weighted by molar-refractivity contribution is 5.75. The lowest BCUT2D eigenvalue weighted by Crippen LogP contribution is -2.33. The second-order valence-corrected chi connectivity index (χ2v) is 4.54. The van der Waals surface area contributed by atoms with Gasteiger partial charge in [0.2, 0.25) is 0 Å². The Morgan fingerprint density at radius 3 is 2.85 bits per heavy atom. The zero-order valence-corrected chi connectivity index (χ0v) is 10.1. The molecule has 108 valence electrons. The van der Waals surface area contributed by atoms with Crippen molar-refractivity contribution in [3.05, 3.63) is 28.7 Å². The Hall–Kier alpha value is -1.81. The predicted molar refractivity (Wildman–Crippen MR) is 63.3 cm³/mol. The summed E-state index contributed by atoms with van der Waals surface area (Å²) in [6.45, 7) is -0.496. The van der Waals surface area contributed by atoms with E-state index >= 15 is 0 Å². The van der Waals surface area contributed by atoms with Crippen molar-refractivity contribution in [2.45, 2.75) is 24.5 Å². The van der Waals surface area contributed by atoms with E-state index in [0.717, 1.165) is 17.1 Å². The number of nitrogens with zero attached hydrogens (tertiary/aromatic N) is 2. The molecule has 0 radical (unpaired) electrons. The molecular weight excluding hydrogens is 273 g/mol. The first-order valence-electron chi connectivity index (χ1n) is 5.90. The second-order valence-electron chi connectivity index (χ2n) is 4.54. The molecular formula is C11H12FN3O5. The van der Waals surface area contributed by atoms with E-state index in [0.29, 0.717) is 0 Å². The number of ether oxygens (including phenoxy) is 1. The molecule has 0 saturated carbocycles. The Balaban J connectivity index is 2.12. The van der Waals surface area contributed by atoms with Crippen molar-refractivity contribution < 1.29 is 24.4 Å². The standard InChI is InChI=1S/C11H12FN3O5/c12-4-1-15(9-6(4)10(19)14-3-13-9)11-8(18)7(17)5(2-16)20-11/h1,3,5,7-8,11,16-18H,2H2,(H,13,14,19)/t5-,7-,8-,11-/m1/s1. The molecule has 1 aliphatic rings. The number of aliphatic hydroxyl groups is 3. The molecule has 3 rings (SSSR count). The molecule has 1 saturated heterocycles. The summed E-state index contributed by atoms with van der Waals surface area (Å²) in [5, 5.41) is 28.4. The minimum absolute atomic E-state index is 0.0129. The van der Waals surface area contributed by atoms with Crippen LogP contribution in [0.5, 0.6) is 0 Å². The van der Waals surface area contributed by atoms with E-state index in [-0.39, 0.29) is 11.0 Å². The van der Waals surface area contributed by atoms with E-state index in [9.17, 15) is 19.4 Å². The fraction of sp³-hybridized carbons (Fsp3) is 0.455. The third kappa shape index (κ3) is 1.75. The number of aliphatic hydroxyl groups excluding tert-OH is 3. The van der Waals surface area contributed by atoms with Gasteiger partial charge in [0.05, 0.1) is 12.9 Å². The van der Waals surface area contributed by atoms with Crippen molar-refractivity contribution in [3.8, 4) is 0 Å². The van der Waals surface area contributed by atoms with Crippen molar-refractivity contribution in [1.82, 2.24) is 14.5 Å². The lowest BCUT2D eigenvalue weighted by molar-refractivity contribution is -0.0510. The molecule has 3 heterocycles. The highest BCUT2D eigenvalue weighted by Gasteiger charge is 2.44. The van der Waals surface area contributed by atoms with Crippen LogP contribution in [0, 0.1) is 5.82 Å². The molecule has 20 heavy (non-hydrogen) atoms. The highest BCUT2D eigenvalue weighted by Crippen LogP contribution is 2.31. The van der Waals surface area contributed by atoms with Gasteiger partial charge in [0.1, 0.15) is 23.7 Å². The van der Waals surface area contributed by atoms with Crippen LogP contribution in [0.1, 0.15) is 6.23 Å². The predicted octanol–water partition coefficient (Wildman–Crippen LogP) is -1.52. The maximum absolute atomic E-state index is 13.8. The van der Waals surface area contributed by atoms with Crippen LogP contribution < -0.4 is 5.56 Å². The average molecular weight is 285 g/mol. The van der Waals surface area contributed by atoms with Gasteiger partial charge in [0, 0.05) is 6.20 Å². The van der Waals surface area contributed by atoms with Crippen LogP contribution in [0.25, 0.3) is 11.0 Å². The average Bonchev–Trinajstić information content (AvgIpc) is 2.90. The number of hydrogen-bond donors (Lipinski definition) is 4. The van der Waals surface area contributed by atoms with Crippen LogP contribution in [0.3, 0.4) is 0 Å². The van der Waals surface area contributed by atoms with E-state index in [1.807, 2.05) is 0 Å². The molecule has 1 fully saturated rings. The normalized spacial score (nSPS) is 30.2. The van der Waals surface area contributed by atoms with Crippen molar-refractivity contribution in [3.63, 3.8) is 0 Å². The number of aromatic nitrogens is 3. The quantitative estimate of drug-likeness (QED) is 0.531. The van der Waals surface area contributed by atoms with Crippen molar-refractivity contribution in [1.29, 1.82) is 0 Å². The smallest absolute Gasteiger partial charge is 0.263 e. The fourth-order valence-electron chi connectivity index (χ4n) is 2.35. The molecule has 0 unspecified atom stereocenters. The van der Waals surface area contributed by atoms with Gasteiger partial charge >= 0.3 is 0 Å². The first-order valence-corrected chi connectivity index (χ1v) is 5.90. The summed E-state index contributed by atoms with van der Waals surface area (Å²) >= 11 is 0. The summed E-state index contributed by atoms with van der Waals surface area (Å²) in [5.74, 6) is -0.813. The second kappa shape index (κ2) is 4.63. The van der Waals surface area contributed by atoms with Crippen LogP contribution in [0.4, 0.5) is 4.39 Å². The number of nitrogens with one attached hydrogen (secondary N) is 1. The molecule has 0 aromatic carbocycles. The molecule has 0 aliphatic carbocycles. The van der Waals surface area contributed by atoms with E-state index in [2.05, 4.69) is 9.97 Å². The van der Waals surface area contributed by atoms with Gasteiger partial charge in [-0.3, -0.25) is 4.79 Å². The largest absolute Gasteiger partial charge is 0.394 e. The van der Waals surface area contributed by atoms with Crippen LogP contribution in [0.2, 0.25) is 0 Å². The van der Waals surface area contributed by atoms with Crippen molar-refractivity contribution in [2.75, 3.05) is 6.61 Å². The lowest BCUT2D eigenvalue weighted by atomic mass is 10.1. The maximum Gasteiger partial charge on any atom is 0.263 e. The van der Waals surface area contributed by atoms with E-state index in [1.165, 1.54) is 0 Å². The molecule has 4 N–H and O–H groups in total. The van der Waals surface area contributed by atoms with E-state index < -0.39 is 42.5 Å². The van der Waals surface area contributed by atoms with Gasteiger partial charge in [-0.15, -0.1) is 0 Å². The monoisotopic (exact) mass is 285 g/mol. The molecule has 9 heteroatoms. The zero-order chi connectivity index (χ0) is 14.4. The third-order valence-corrected chi connectivity index (χ3v) is 3.36. The van der Waals surface area contributed by atoms with Gasteiger partial charge in [-0.05, 0) is 0 Å². The third-order valence-electron chi connectivity index (χ3n) is 3.36. The molecule has 1 aliphatic heterocycles. The van der Waals surface area contributed by atoms with Gasteiger partial charge in [-0.1, -0.05) is 0 Å². The van der Waals surface area contributed by atoms with Gasteiger partial charge in [-0.2, -0.15) is 0 Å². The number of rotatable bonds is 2. The summed E-state index contributed by atoms with van der Waals surface area (Å²) in [6, 6.07) is 0. The number of hydrogen-bond acceptors (Lipinski definition) is 6. The summed E-state index contributed by atoms with van der Waals surface area (Å²) in [6.07, 6.45) is -2.74. The van der Waals surface area contributed by atoms with E-state index in [1.54, 1.807) is 0 Å². The molecule has 0 bridgehead atoms. The molecule has 2 aromatic rings. The Bertz CT molecular complexity index is 699. The summed E-state index contributed by atoms with van der Waals surface area (Å²) < 4.78 is 20.2. The summed E-state index contributed by atoms with van der Waals surface area (Å²) in [4.78, 5) is 17.6. The topological polar surface area (TPSA) is 121 Å².